The van der Waals surface area contributed by atoms with Gasteiger partial charge in [-0.15, -0.1) is 0 Å². The third-order valence-corrected chi connectivity index (χ3v) is 3.33. The lowest BCUT2D eigenvalue weighted by Gasteiger charge is -2.05. The Morgan fingerprint density at radius 2 is 1.12 bits per heavy atom. The summed E-state index contributed by atoms with van der Waals surface area (Å²) < 4.78 is 10.7. The van der Waals surface area contributed by atoms with Crippen LogP contribution in [0.25, 0.3) is 0 Å². The van der Waals surface area contributed by atoms with Crippen molar-refractivity contribution in [3.05, 3.63) is 84.3 Å². The van der Waals surface area contributed by atoms with Crippen LogP contribution in [-0.2, 0) is 17.6 Å². The summed E-state index contributed by atoms with van der Waals surface area (Å²) in [7, 11) is 0. The predicted molar refractivity (Wildman–Crippen MR) is 96.2 cm³/mol. The molecule has 0 spiro atoms. The standard InChI is InChI=1S/C21H22O3/c1-3-13-23-20-9-5-17(6-10-20)15-19(22)16-18-7-11-21(12-8-18)24-14-4-2/h3-14H,15-16H2,1-2H3. The molecule has 0 fully saturated rings. The van der Waals surface area contributed by atoms with E-state index in [1.165, 1.54) is 0 Å². The summed E-state index contributed by atoms with van der Waals surface area (Å²) in [5, 5.41) is 0. The van der Waals surface area contributed by atoms with Gasteiger partial charge in [-0.05, 0) is 49.2 Å². The van der Waals surface area contributed by atoms with Gasteiger partial charge in [0.05, 0.1) is 12.5 Å². The number of hydrogen-bond donors (Lipinski definition) is 0. The number of ether oxygens (including phenoxy) is 2. The molecular formula is C21H22O3. The van der Waals surface area contributed by atoms with Crippen LogP contribution >= 0.6 is 0 Å². The SMILES string of the molecule is CC=COc1ccc(CC(=O)Cc2ccc(OC=CC)cc2)cc1. The van der Waals surface area contributed by atoms with E-state index < -0.39 is 0 Å². The van der Waals surface area contributed by atoms with E-state index in [2.05, 4.69) is 0 Å². The first-order valence-electron chi connectivity index (χ1n) is 7.96. The molecule has 0 aliphatic heterocycles. The van der Waals surface area contributed by atoms with E-state index in [0.717, 1.165) is 22.6 Å². The molecule has 0 amide bonds. The molecule has 3 nitrogen and oxygen atoms in total. The van der Waals surface area contributed by atoms with E-state index in [4.69, 9.17) is 9.47 Å². The minimum Gasteiger partial charge on any atom is -0.465 e. The quantitative estimate of drug-likeness (QED) is 0.651. The molecule has 3 heteroatoms. The van der Waals surface area contributed by atoms with Crippen molar-refractivity contribution in [1.29, 1.82) is 0 Å². The van der Waals surface area contributed by atoms with Crippen LogP contribution < -0.4 is 9.47 Å². The fourth-order valence-corrected chi connectivity index (χ4v) is 2.18. The molecular weight excluding hydrogens is 300 g/mol. The molecule has 0 aliphatic carbocycles. The van der Waals surface area contributed by atoms with Gasteiger partial charge in [-0.2, -0.15) is 0 Å². The number of carbonyl (C=O) groups is 1. The van der Waals surface area contributed by atoms with Gasteiger partial charge in [-0.3, -0.25) is 4.79 Å². The second-order valence-electron chi connectivity index (χ2n) is 5.35. The first-order valence-corrected chi connectivity index (χ1v) is 7.96. The summed E-state index contributed by atoms with van der Waals surface area (Å²) >= 11 is 0. The zero-order chi connectivity index (χ0) is 17.2. The molecule has 0 atom stereocenters. The molecule has 0 saturated heterocycles. The maximum absolute atomic E-state index is 12.2. The summed E-state index contributed by atoms with van der Waals surface area (Å²) in [6.45, 7) is 3.79. The van der Waals surface area contributed by atoms with Crippen LogP contribution in [0, 0.1) is 0 Å². The first kappa shape index (κ1) is 17.5. The van der Waals surface area contributed by atoms with Gasteiger partial charge < -0.3 is 9.47 Å². The number of Topliss-reactive ketones (excluding diaryl/α,β-unsaturated/α-hetero) is 1. The molecule has 2 aromatic rings. The third kappa shape index (κ3) is 5.76. The Hall–Kier alpha value is -2.81. The minimum atomic E-state index is 0.180. The number of ketones is 1. The van der Waals surface area contributed by atoms with Crippen molar-refractivity contribution in [3.8, 4) is 11.5 Å². The smallest absolute Gasteiger partial charge is 0.141 e. The van der Waals surface area contributed by atoms with Gasteiger partial charge in [-0.25, -0.2) is 0 Å². The molecule has 0 bridgehead atoms. The van der Waals surface area contributed by atoms with Gasteiger partial charge in [0.25, 0.3) is 0 Å². The Morgan fingerprint density at radius 3 is 1.46 bits per heavy atom. The Bertz CT molecular complexity index is 633. The summed E-state index contributed by atoms with van der Waals surface area (Å²) in [5.41, 5.74) is 1.97. The molecule has 0 radical (unpaired) electrons. The molecule has 0 heterocycles. The van der Waals surface area contributed by atoms with Gasteiger partial charge >= 0.3 is 0 Å². The highest BCUT2D eigenvalue weighted by Crippen LogP contribution is 2.16. The lowest BCUT2D eigenvalue weighted by atomic mass is 10.0. The van der Waals surface area contributed by atoms with Crippen molar-refractivity contribution in [2.24, 2.45) is 0 Å². The number of benzene rings is 2. The number of allylic oxidation sites excluding steroid dienone is 2. The van der Waals surface area contributed by atoms with Crippen LogP contribution in [0.5, 0.6) is 11.5 Å². The number of rotatable bonds is 8. The second kappa shape index (κ2) is 9.36. The maximum atomic E-state index is 12.2. The molecule has 0 aromatic heterocycles. The van der Waals surface area contributed by atoms with E-state index in [1.54, 1.807) is 12.5 Å². The summed E-state index contributed by atoms with van der Waals surface area (Å²) in [6.07, 6.45) is 7.74. The highest BCUT2D eigenvalue weighted by Gasteiger charge is 2.06. The summed E-state index contributed by atoms with van der Waals surface area (Å²) in [4.78, 5) is 12.2. The first-order chi connectivity index (χ1) is 11.7. The van der Waals surface area contributed by atoms with Crippen molar-refractivity contribution in [2.45, 2.75) is 26.7 Å². The molecule has 0 saturated carbocycles. The molecule has 2 aromatic carbocycles. The zero-order valence-corrected chi connectivity index (χ0v) is 14.1. The average Bonchev–Trinajstić information content (AvgIpc) is 2.60. The van der Waals surface area contributed by atoms with Crippen molar-refractivity contribution in [3.63, 3.8) is 0 Å². The Morgan fingerprint density at radius 1 is 0.750 bits per heavy atom. The zero-order valence-electron chi connectivity index (χ0n) is 14.1. The molecule has 2 rings (SSSR count). The molecule has 24 heavy (non-hydrogen) atoms. The number of carbonyl (C=O) groups excluding carboxylic acids is 1. The fourth-order valence-electron chi connectivity index (χ4n) is 2.18. The van der Waals surface area contributed by atoms with Gasteiger partial charge in [-0.1, -0.05) is 36.4 Å². The monoisotopic (exact) mass is 322 g/mol. The second-order valence-corrected chi connectivity index (χ2v) is 5.35. The van der Waals surface area contributed by atoms with Crippen LogP contribution in [-0.4, -0.2) is 5.78 Å². The fraction of sp³-hybridized carbons (Fsp3) is 0.190. The molecule has 0 unspecified atom stereocenters. The summed E-state index contributed by atoms with van der Waals surface area (Å²) in [5.74, 6) is 1.71. The van der Waals surface area contributed by atoms with E-state index >= 15 is 0 Å². The minimum absolute atomic E-state index is 0.180. The van der Waals surface area contributed by atoms with Gasteiger partial charge in [0.1, 0.15) is 17.3 Å². The van der Waals surface area contributed by atoms with Crippen LogP contribution in [0.3, 0.4) is 0 Å². The largest absolute Gasteiger partial charge is 0.465 e. The normalized spacial score (nSPS) is 11.1. The highest BCUT2D eigenvalue weighted by atomic mass is 16.5. The average molecular weight is 322 g/mol. The maximum Gasteiger partial charge on any atom is 0.141 e. The van der Waals surface area contributed by atoms with Crippen LogP contribution in [0.4, 0.5) is 0 Å². The van der Waals surface area contributed by atoms with Crippen LogP contribution in [0.1, 0.15) is 25.0 Å². The predicted octanol–water partition coefficient (Wildman–Crippen LogP) is 4.87. The van der Waals surface area contributed by atoms with E-state index in [1.807, 2.05) is 74.5 Å². The van der Waals surface area contributed by atoms with Crippen molar-refractivity contribution < 1.29 is 14.3 Å². The van der Waals surface area contributed by atoms with Crippen LogP contribution in [0.15, 0.2) is 73.2 Å². The topological polar surface area (TPSA) is 35.5 Å². The molecule has 0 N–H and O–H groups in total. The van der Waals surface area contributed by atoms with Gasteiger partial charge in [0, 0.05) is 12.8 Å². The third-order valence-electron chi connectivity index (χ3n) is 3.33. The van der Waals surface area contributed by atoms with Crippen molar-refractivity contribution in [2.75, 3.05) is 0 Å². The lowest BCUT2D eigenvalue weighted by molar-refractivity contribution is -0.117. The number of hydrogen-bond acceptors (Lipinski definition) is 3. The van der Waals surface area contributed by atoms with E-state index in [-0.39, 0.29) is 5.78 Å². The molecule has 0 aliphatic rings. The van der Waals surface area contributed by atoms with Gasteiger partial charge in [0.15, 0.2) is 0 Å². The van der Waals surface area contributed by atoms with Crippen molar-refractivity contribution >= 4 is 5.78 Å². The Kier molecular flexibility index (Phi) is 6.84. The van der Waals surface area contributed by atoms with E-state index in [0.29, 0.717) is 12.8 Å². The van der Waals surface area contributed by atoms with E-state index in [9.17, 15) is 4.79 Å². The Balaban J connectivity index is 1.88. The van der Waals surface area contributed by atoms with Crippen molar-refractivity contribution in [1.82, 2.24) is 0 Å². The molecule has 124 valence electrons. The Labute approximate surface area is 143 Å². The lowest BCUT2D eigenvalue weighted by Crippen LogP contribution is -2.06. The summed E-state index contributed by atoms with van der Waals surface area (Å²) in [6, 6.07) is 15.2. The van der Waals surface area contributed by atoms with Crippen LogP contribution in [0.2, 0.25) is 0 Å². The van der Waals surface area contributed by atoms with Gasteiger partial charge in [0.2, 0.25) is 0 Å². The highest BCUT2D eigenvalue weighted by molar-refractivity contribution is 5.83.